The Bertz CT molecular complexity index is 436. The largest absolute Gasteiger partial charge is 0.396 e. The summed E-state index contributed by atoms with van der Waals surface area (Å²) in [6.45, 7) is 6.73. The SMILES string of the molecule is CC(C)CCn1cc(C(=O)N2CCC(CO)CC2)nn1. The van der Waals surface area contributed by atoms with E-state index in [9.17, 15) is 4.79 Å². The summed E-state index contributed by atoms with van der Waals surface area (Å²) in [5.74, 6) is 0.897. The molecule has 1 aromatic rings. The lowest BCUT2D eigenvalue weighted by Crippen LogP contribution is -2.39. The molecule has 6 heteroatoms. The Morgan fingerprint density at radius 2 is 2.15 bits per heavy atom. The number of hydrogen-bond donors (Lipinski definition) is 1. The molecule has 112 valence electrons. The van der Waals surface area contributed by atoms with Crippen LogP contribution in [-0.4, -0.2) is 50.6 Å². The predicted octanol–water partition coefficient (Wildman–Crippen LogP) is 1.17. The highest BCUT2D eigenvalue weighted by molar-refractivity contribution is 5.91. The number of piperidine rings is 1. The molecule has 0 saturated carbocycles. The van der Waals surface area contributed by atoms with Crippen molar-refractivity contribution in [2.75, 3.05) is 19.7 Å². The van der Waals surface area contributed by atoms with Crippen molar-refractivity contribution in [3.63, 3.8) is 0 Å². The molecule has 1 fully saturated rings. The lowest BCUT2D eigenvalue weighted by atomic mass is 9.98. The quantitative estimate of drug-likeness (QED) is 0.879. The summed E-state index contributed by atoms with van der Waals surface area (Å²) in [4.78, 5) is 14.1. The number of likely N-dealkylation sites (tertiary alicyclic amines) is 1. The maximum Gasteiger partial charge on any atom is 0.276 e. The van der Waals surface area contributed by atoms with Crippen LogP contribution in [0.5, 0.6) is 0 Å². The van der Waals surface area contributed by atoms with Crippen LogP contribution in [0.15, 0.2) is 6.20 Å². The highest BCUT2D eigenvalue weighted by atomic mass is 16.3. The molecule has 1 aliphatic rings. The van der Waals surface area contributed by atoms with E-state index >= 15 is 0 Å². The molecule has 2 heterocycles. The average Bonchev–Trinajstić information content (AvgIpc) is 2.93. The summed E-state index contributed by atoms with van der Waals surface area (Å²) in [5, 5.41) is 17.1. The third-order valence-electron chi connectivity index (χ3n) is 3.85. The molecule has 0 atom stereocenters. The number of hydrogen-bond acceptors (Lipinski definition) is 4. The molecule has 0 radical (unpaired) electrons. The van der Waals surface area contributed by atoms with E-state index in [1.165, 1.54) is 0 Å². The normalized spacial score (nSPS) is 16.9. The highest BCUT2D eigenvalue weighted by Gasteiger charge is 2.24. The van der Waals surface area contributed by atoms with Gasteiger partial charge in [0.2, 0.25) is 0 Å². The van der Waals surface area contributed by atoms with E-state index in [0.29, 0.717) is 30.6 Å². The van der Waals surface area contributed by atoms with Gasteiger partial charge in [-0.1, -0.05) is 19.1 Å². The molecule has 1 aliphatic heterocycles. The lowest BCUT2D eigenvalue weighted by molar-refractivity contribution is 0.0645. The van der Waals surface area contributed by atoms with Crippen molar-refractivity contribution >= 4 is 5.91 Å². The van der Waals surface area contributed by atoms with Gasteiger partial charge in [0, 0.05) is 26.2 Å². The molecule has 6 nitrogen and oxygen atoms in total. The van der Waals surface area contributed by atoms with Crippen LogP contribution in [0.3, 0.4) is 0 Å². The molecule has 0 aliphatic carbocycles. The first-order chi connectivity index (χ1) is 9.60. The number of aliphatic hydroxyl groups excluding tert-OH is 1. The van der Waals surface area contributed by atoms with Crippen molar-refractivity contribution in [1.29, 1.82) is 0 Å². The highest BCUT2D eigenvalue weighted by Crippen LogP contribution is 2.17. The van der Waals surface area contributed by atoms with Crippen LogP contribution in [0.25, 0.3) is 0 Å². The summed E-state index contributed by atoms with van der Waals surface area (Å²) in [5.41, 5.74) is 0.427. The average molecular weight is 280 g/mol. The van der Waals surface area contributed by atoms with Gasteiger partial charge in [0.25, 0.3) is 5.91 Å². The zero-order valence-corrected chi connectivity index (χ0v) is 12.3. The number of aryl methyl sites for hydroxylation is 1. The number of nitrogens with zero attached hydrogens (tertiary/aromatic N) is 4. The van der Waals surface area contributed by atoms with Crippen LogP contribution in [0.4, 0.5) is 0 Å². The van der Waals surface area contributed by atoms with E-state index < -0.39 is 0 Å². The Hall–Kier alpha value is -1.43. The van der Waals surface area contributed by atoms with Crippen molar-refractivity contribution in [1.82, 2.24) is 19.9 Å². The van der Waals surface area contributed by atoms with Crippen LogP contribution >= 0.6 is 0 Å². The van der Waals surface area contributed by atoms with E-state index in [-0.39, 0.29) is 12.5 Å². The first-order valence-corrected chi connectivity index (χ1v) is 7.40. The summed E-state index contributed by atoms with van der Waals surface area (Å²) in [6, 6.07) is 0. The third kappa shape index (κ3) is 3.79. The van der Waals surface area contributed by atoms with Crippen LogP contribution in [0.1, 0.15) is 43.6 Å². The standard InChI is InChI=1S/C14H24N4O2/c1-11(2)3-8-18-9-13(15-16-18)14(20)17-6-4-12(10-19)5-7-17/h9,11-12,19H,3-8,10H2,1-2H3. The fourth-order valence-corrected chi connectivity index (χ4v) is 2.38. The van der Waals surface area contributed by atoms with Gasteiger partial charge in [-0.05, 0) is 31.1 Å². The second kappa shape index (κ2) is 6.83. The van der Waals surface area contributed by atoms with E-state index in [2.05, 4.69) is 24.2 Å². The second-order valence-corrected chi connectivity index (χ2v) is 5.97. The first-order valence-electron chi connectivity index (χ1n) is 7.40. The van der Waals surface area contributed by atoms with E-state index in [4.69, 9.17) is 5.11 Å². The Balaban J connectivity index is 1.89. The summed E-state index contributed by atoms with van der Waals surface area (Å²) < 4.78 is 1.74. The molecule has 0 unspecified atom stereocenters. The molecule has 1 amide bonds. The number of aromatic nitrogens is 3. The minimum absolute atomic E-state index is 0.0443. The van der Waals surface area contributed by atoms with Gasteiger partial charge >= 0.3 is 0 Å². The maximum absolute atomic E-state index is 12.3. The molecule has 0 spiro atoms. The Morgan fingerprint density at radius 3 is 2.75 bits per heavy atom. The predicted molar refractivity (Wildman–Crippen MR) is 75.2 cm³/mol. The third-order valence-corrected chi connectivity index (χ3v) is 3.85. The lowest BCUT2D eigenvalue weighted by Gasteiger charge is -2.30. The van der Waals surface area contributed by atoms with Crippen molar-refractivity contribution in [3.05, 3.63) is 11.9 Å². The van der Waals surface area contributed by atoms with Gasteiger partial charge in [-0.2, -0.15) is 0 Å². The van der Waals surface area contributed by atoms with Crippen LogP contribution in [-0.2, 0) is 6.54 Å². The molecular weight excluding hydrogens is 256 g/mol. The molecule has 1 aromatic heterocycles. The smallest absolute Gasteiger partial charge is 0.276 e. The van der Waals surface area contributed by atoms with Gasteiger partial charge in [0.15, 0.2) is 5.69 Å². The molecule has 1 N–H and O–H groups in total. The van der Waals surface area contributed by atoms with E-state index in [0.717, 1.165) is 25.8 Å². The zero-order valence-electron chi connectivity index (χ0n) is 12.3. The van der Waals surface area contributed by atoms with Gasteiger partial charge in [0.1, 0.15) is 0 Å². The monoisotopic (exact) mass is 280 g/mol. The number of amides is 1. The van der Waals surface area contributed by atoms with Gasteiger partial charge in [-0.3, -0.25) is 9.48 Å². The summed E-state index contributed by atoms with van der Waals surface area (Å²) in [7, 11) is 0. The minimum atomic E-state index is -0.0443. The molecule has 0 bridgehead atoms. The maximum atomic E-state index is 12.3. The fourth-order valence-electron chi connectivity index (χ4n) is 2.38. The Labute approximate surface area is 119 Å². The number of carbonyl (C=O) groups is 1. The van der Waals surface area contributed by atoms with Crippen molar-refractivity contribution in [3.8, 4) is 0 Å². The van der Waals surface area contributed by atoms with E-state index in [1.807, 2.05) is 4.90 Å². The number of aliphatic hydroxyl groups is 1. The molecule has 2 rings (SSSR count). The molecular formula is C14H24N4O2. The van der Waals surface area contributed by atoms with Gasteiger partial charge in [-0.25, -0.2) is 0 Å². The summed E-state index contributed by atoms with van der Waals surface area (Å²) >= 11 is 0. The van der Waals surface area contributed by atoms with E-state index in [1.54, 1.807) is 10.9 Å². The van der Waals surface area contributed by atoms with Gasteiger partial charge < -0.3 is 10.0 Å². The first kappa shape index (κ1) is 15.0. The molecule has 1 saturated heterocycles. The number of rotatable bonds is 5. The topological polar surface area (TPSA) is 71.2 Å². The van der Waals surface area contributed by atoms with Crippen LogP contribution in [0.2, 0.25) is 0 Å². The van der Waals surface area contributed by atoms with Crippen LogP contribution in [0, 0.1) is 11.8 Å². The Morgan fingerprint density at radius 1 is 1.45 bits per heavy atom. The van der Waals surface area contributed by atoms with Crippen molar-refractivity contribution < 1.29 is 9.90 Å². The zero-order chi connectivity index (χ0) is 14.5. The van der Waals surface area contributed by atoms with Crippen LogP contribution < -0.4 is 0 Å². The van der Waals surface area contributed by atoms with Crippen molar-refractivity contribution in [2.24, 2.45) is 11.8 Å². The van der Waals surface area contributed by atoms with Crippen molar-refractivity contribution in [2.45, 2.75) is 39.7 Å². The second-order valence-electron chi connectivity index (χ2n) is 5.97. The Kier molecular flexibility index (Phi) is 5.11. The molecule has 0 aromatic carbocycles. The molecule has 20 heavy (non-hydrogen) atoms. The minimum Gasteiger partial charge on any atom is -0.396 e. The van der Waals surface area contributed by atoms with Gasteiger partial charge in [-0.15, -0.1) is 5.10 Å². The summed E-state index contributed by atoms with van der Waals surface area (Å²) in [6.07, 6.45) is 4.50. The fraction of sp³-hybridized carbons (Fsp3) is 0.786. The number of carbonyl (C=O) groups excluding carboxylic acids is 1. The van der Waals surface area contributed by atoms with Gasteiger partial charge in [0.05, 0.1) is 6.20 Å².